The van der Waals surface area contributed by atoms with Gasteiger partial charge in [0.15, 0.2) is 6.10 Å². The first-order valence-electron chi connectivity index (χ1n) is 8.63. The number of rotatable bonds is 3. The van der Waals surface area contributed by atoms with Crippen molar-refractivity contribution in [2.45, 2.75) is 32.8 Å². The number of anilines is 1. The van der Waals surface area contributed by atoms with Crippen LogP contribution in [0.25, 0.3) is 0 Å². The van der Waals surface area contributed by atoms with Crippen LogP contribution in [0.15, 0.2) is 6.07 Å². The van der Waals surface area contributed by atoms with Gasteiger partial charge in [-0.1, -0.05) is 13.8 Å². The van der Waals surface area contributed by atoms with Crippen LogP contribution in [0.3, 0.4) is 0 Å². The van der Waals surface area contributed by atoms with Crippen molar-refractivity contribution in [1.82, 2.24) is 14.9 Å². The Morgan fingerprint density at radius 3 is 2.58 bits per heavy atom. The molecule has 0 bridgehead atoms. The lowest BCUT2D eigenvalue weighted by molar-refractivity contribution is -0.158. The summed E-state index contributed by atoms with van der Waals surface area (Å²) in [4.78, 5) is 25.7. The third kappa shape index (κ3) is 3.84. The SMILES string of the molecule is Cc1cc(N2CCN(C(=O)[C@H]3COCCO3)CC2)nc(C(C)C)n1. The second-order valence-corrected chi connectivity index (χ2v) is 6.63. The number of carbonyl (C=O) groups is 1. The van der Waals surface area contributed by atoms with E-state index >= 15 is 0 Å². The van der Waals surface area contributed by atoms with Gasteiger partial charge in [-0.25, -0.2) is 9.97 Å². The van der Waals surface area contributed by atoms with Gasteiger partial charge in [-0.05, 0) is 6.92 Å². The Labute approximate surface area is 143 Å². The maximum Gasteiger partial charge on any atom is 0.254 e. The summed E-state index contributed by atoms with van der Waals surface area (Å²) in [5.41, 5.74) is 0.981. The molecule has 7 nitrogen and oxygen atoms in total. The van der Waals surface area contributed by atoms with Crippen molar-refractivity contribution in [3.05, 3.63) is 17.6 Å². The Balaban J connectivity index is 1.61. The highest BCUT2D eigenvalue weighted by molar-refractivity contribution is 5.81. The molecule has 0 saturated carbocycles. The normalized spacial score (nSPS) is 22.1. The van der Waals surface area contributed by atoms with Crippen LogP contribution in [0.5, 0.6) is 0 Å². The van der Waals surface area contributed by atoms with Crippen LogP contribution >= 0.6 is 0 Å². The number of amides is 1. The number of aryl methyl sites for hydroxylation is 1. The van der Waals surface area contributed by atoms with E-state index in [0.29, 0.717) is 38.8 Å². The molecule has 1 aromatic heterocycles. The van der Waals surface area contributed by atoms with Gasteiger partial charge in [0.2, 0.25) is 0 Å². The fourth-order valence-corrected chi connectivity index (χ4v) is 2.98. The molecule has 0 aromatic carbocycles. The lowest BCUT2D eigenvalue weighted by Crippen LogP contribution is -2.53. The molecule has 132 valence electrons. The Hall–Kier alpha value is -1.73. The van der Waals surface area contributed by atoms with Crippen molar-refractivity contribution >= 4 is 11.7 Å². The van der Waals surface area contributed by atoms with Gasteiger partial charge in [-0.3, -0.25) is 4.79 Å². The molecular formula is C17H26N4O3. The van der Waals surface area contributed by atoms with E-state index in [2.05, 4.69) is 28.7 Å². The molecule has 0 unspecified atom stereocenters. The van der Waals surface area contributed by atoms with Crippen LogP contribution < -0.4 is 4.90 Å². The summed E-state index contributed by atoms with van der Waals surface area (Å²) in [5, 5.41) is 0. The highest BCUT2D eigenvalue weighted by Gasteiger charge is 2.30. The smallest absolute Gasteiger partial charge is 0.254 e. The van der Waals surface area contributed by atoms with Crippen LogP contribution in [0.1, 0.15) is 31.3 Å². The van der Waals surface area contributed by atoms with Gasteiger partial charge in [0.05, 0.1) is 19.8 Å². The van der Waals surface area contributed by atoms with Gasteiger partial charge in [0.25, 0.3) is 5.91 Å². The molecule has 1 amide bonds. The average molecular weight is 334 g/mol. The molecule has 0 spiro atoms. The van der Waals surface area contributed by atoms with E-state index in [-0.39, 0.29) is 5.91 Å². The molecule has 0 N–H and O–H groups in total. The summed E-state index contributed by atoms with van der Waals surface area (Å²) < 4.78 is 10.8. The highest BCUT2D eigenvalue weighted by Crippen LogP contribution is 2.19. The number of aromatic nitrogens is 2. The lowest BCUT2D eigenvalue weighted by atomic mass is 10.2. The van der Waals surface area contributed by atoms with Crippen LogP contribution in [-0.2, 0) is 14.3 Å². The quantitative estimate of drug-likeness (QED) is 0.821. The molecule has 2 saturated heterocycles. The third-order valence-electron chi connectivity index (χ3n) is 4.38. The average Bonchev–Trinajstić information content (AvgIpc) is 2.61. The number of carbonyl (C=O) groups excluding carboxylic acids is 1. The predicted molar refractivity (Wildman–Crippen MR) is 90.2 cm³/mol. The van der Waals surface area contributed by atoms with Gasteiger partial charge >= 0.3 is 0 Å². The number of hydrogen-bond donors (Lipinski definition) is 0. The first kappa shape index (κ1) is 17.1. The van der Waals surface area contributed by atoms with Gasteiger partial charge in [0.1, 0.15) is 11.6 Å². The van der Waals surface area contributed by atoms with Crippen molar-refractivity contribution in [2.75, 3.05) is 50.9 Å². The Bertz CT molecular complexity index is 579. The standard InChI is InChI=1S/C17H26N4O3/c1-12(2)16-18-13(3)10-15(19-16)20-4-6-21(7-5-20)17(22)14-11-23-8-9-24-14/h10,12,14H,4-9,11H2,1-3H3/t14-/m1/s1. The fourth-order valence-electron chi connectivity index (χ4n) is 2.98. The van der Waals surface area contributed by atoms with E-state index in [1.54, 1.807) is 0 Å². The van der Waals surface area contributed by atoms with Crippen molar-refractivity contribution in [2.24, 2.45) is 0 Å². The summed E-state index contributed by atoms with van der Waals surface area (Å²) in [6, 6.07) is 2.02. The molecule has 1 atom stereocenters. The monoisotopic (exact) mass is 334 g/mol. The van der Waals surface area contributed by atoms with Gasteiger partial charge in [-0.15, -0.1) is 0 Å². The van der Waals surface area contributed by atoms with Crippen molar-refractivity contribution < 1.29 is 14.3 Å². The summed E-state index contributed by atoms with van der Waals surface area (Å²) >= 11 is 0. The fraction of sp³-hybridized carbons (Fsp3) is 0.706. The van der Waals surface area contributed by atoms with Gasteiger partial charge in [-0.2, -0.15) is 0 Å². The third-order valence-corrected chi connectivity index (χ3v) is 4.38. The molecule has 0 aliphatic carbocycles. The summed E-state index contributed by atoms with van der Waals surface area (Å²) in [6.45, 7) is 10.5. The van der Waals surface area contributed by atoms with Crippen molar-refractivity contribution in [3.8, 4) is 0 Å². The van der Waals surface area contributed by atoms with Gasteiger partial charge < -0.3 is 19.3 Å². The molecule has 1 aromatic rings. The van der Waals surface area contributed by atoms with Crippen LogP contribution in [0.2, 0.25) is 0 Å². The Kier molecular flexibility index (Phi) is 5.30. The minimum Gasteiger partial charge on any atom is -0.376 e. The van der Waals surface area contributed by atoms with E-state index in [1.165, 1.54) is 0 Å². The number of nitrogens with zero attached hydrogens (tertiary/aromatic N) is 4. The molecule has 2 aliphatic heterocycles. The zero-order valence-corrected chi connectivity index (χ0v) is 14.7. The van der Waals surface area contributed by atoms with Crippen LogP contribution in [-0.4, -0.2) is 72.9 Å². The first-order valence-corrected chi connectivity index (χ1v) is 8.63. The number of hydrogen-bond acceptors (Lipinski definition) is 6. The first-order chi connectivity index (χ1) is 11.5. The number of ether oxygens (including phenoxy) is 2. The van der Waals surface area contributed by atoms with E-state index in [9.17, 15) is 4.79 Å². The van der Waals surface area contributed by atoms with E-state index < -0.39 is 6.10 Å². The van der Waals surface area contributed by atoms with E-state index in [1.807, 2.05) is 17.9 Å². The molecule has 24 heavy (non-hydrogen) atoms. The van der Waals surface area contributed by atoms with E-state index in [4.69, 9.17) is 9.47 Å². The predicted octanol–water partition coefficient (Wildman–Crippen LogP) is 0.972. The zero-order chi connectivity index (χ0) is 17.1. The lowest BCUT2D eigenvalue weighted by Gasteiger charge is -2.37. The number of piperazine rings is 1. The Morgan fingerprint density at radius 1 is 1.21 bits per heavy atom. The van der Waals surface area contributed by atoms with Crippen LogP contribution in [0.4, 0.5) is 5.82 Å². The summed E-state index contributed by atoms with van der Waals surface area (Å²) in [6.07, 6.45) is -0.445. The van der Waals surface area contributed by atoms with E-state index in [0.717, 1.165) is 30.4 Å². The van der Waals surface area contributed by atoms with Crippen molar-refractivity contribution in [1.29, 1.82) is 0 Å². The summed E-state index contributed by atoms with van der Waals surface area (Å²) in [5.74, 6) is 2.16. The second-order valence-electron chi connectivity index (χ2n) is 6.63. The van der Waals surface area contributed by atoms with Crippen molar-refractivity contribution in [3.63, 3.8) is 0 Å². The largest absolute Gasteiger partial charge is 0.376 e. The van der Waals surface area contributed by atoms with Gasteiger partial charge in [0, 0.05) is 43.9 Å². The molecule has 0 radical (unpaired) electrons. The summed E-state index contributed by atoms with van der Waals surface area (Å²) in [7, 11) is 0. The highest BCUT2D eigenvalue weighted by atomic mass is 16.6. The molecule has 2 fully saturated rings. The maximum atomic E-state index is 12.5. The molecule has 7 heteroatoms. The minimum absolute atomic E-state index is 0.0380. The van der Waals surface area contributed by atoms with Crippen LogP contribution in [0, 0.1) is 6.92 Å². The molecule has 2 aliphatic rings. The topological polar surface area (TPSA) is 67.8 Å². The molecular weight excluding hydrogens is 308 g/mol. The molecule has 3 rings (SSSR count). The molecule has 3 heterocycles. The second kappa shape index (κ2) is 7.44. The minimum atomic E-state index is -0.445. The zero-order valence-electron chi connectivity index (χ0n) is 14.7. The maximum absolute atomic E-state index is 12.5. The Morgan fingerprint density at radius 2 is 1.96 bits per heavy atom.